The molecule has 0 radical (unpaired) electrons. The number of carbonyl (C=O) groups excluding carboxylic acids is 2. The van der Waals surface area contributed by atoms with Crippen molar-refractivity contribution in [2.75, 3.05) is 0 Å². The molecule has 8 heteroatoms. The fourth-order valence-electron chi connectivity index (χ4n) is 4.31. The maximum atomic E-state index is 13.5. The number of phenols is 2. The number of hydrogen-bond donors (Lipinski definition) is 2. The Morgan fingerprint density at radius 2 is 1.57 bits per heavy atom. The predicted molar refractivity (Wildman–Crippen MR) is 130 cm³/mol. The number of ketones is 2. The third kappa shape index (κ3) is 3.30. The molecule has 0 amide bonds. The van der Waals surface area contributed by atoms with Crippen LogP contribution in [0.15, 0.2) is 61.1 Å². The fourth-order valence-corrected chi connectivity index (χ4v) is 4.31. The van der Waals surface area contributed by atoms with Crippen molar-refractivity contribution in [2.45, 2.75) is 20.8 Å². The zero-order valence-electron chi connectivity index (χ0n) is 18.9. The summed E-state index contributed by atoms with van der Waals surface area (Å²) in [7, 11) is 0. The summed E-state index contributed by atoms with van der Waals surface area (Å²) in [6.45, 7) is 4.14. The molecule has 0 unspecified atom stereocenters. The third-order valence-electron chi connectivity index (χ3n) is 6.04. The number of phenolic OH excluding ortho intramolecular Hbond substituents is 2. The Morgan fingerprint density at radius 3 is 2.26 bits per heavy atom. The molecule has 35 heavy (non-hydrogen) atoms. The van der Waals surface area contributed by atoms with E-state index in [0.29, 0.717) is 5.56 Å². The lowest BCUT2D eigenvalue weighted by atomic mass is 9.88. The molecule has 0 fully saturated rings. The number of hydrogen-bond acceptors (Lipinski definition) is 8. The highest BCUT2D eigenvalue weighted by Gasteiger charge is 2.27. The van der Waals surface area contributed by atoms with Crippen LogP contribution in [0.3, 0.4) is 0 Å². The van der Waals surface area contributed by atoms with Gasteiger partial charge in [-0.3, -0.25) is 19.2 Å². The van der Waals surface area contributed by atoms with Crippen LogP contribution in [0, 0.1) is 6.92 Å². The second-order valence-electron chi connectivity index (χ2n) is 8.39. The molecule has 0 saturated heterocycles. The average molecular weight is 470 g/mol. The van der Waals surface area contributed by atoms with Gasteiger partial charge in [-0.25, -0.2) is 0 Å². The molecule has 0 atom stereocenters. The van der Waals surface area contributed by atoms with Gasteiger partial charge in [-0.05, 0) is 56.7 Å². The van der Waals surface area contributed by atoms with E-state index < -0.39 is 22.4 Å². The molecular weight excluding hydrogens is 452 g/mol. The van der Waals surface area contributed by atoms with Gasteiger partial charge in [0.15, 0.2) is 11.6 Å². The van der Waals surface area contributed by atoms with Crippen LogP contribution in [0.5, 0.6) is 11.5 Å². The summed E-state index contributed by atoms with van der Waals surface area (Å²) in [6.07, 6.45) is 1.15. The first-order chi connectivity index (χ1) is 16.6. The van der Waals surface area contributed by atoms with Crippen molar-refractivity contribution in [1.82, 2.24) is 0 Å². The van der Waals surface area contributed by atoms with Crippen LogP contribution < -0.4 is 10.9 Å². The van der Waals surface area contributed by atoms with E-state index >= 15 is 0 Å². The van der Waals surface area contributed by atoms with Gasteiger partial charge in [0.25, 0.3) is 0 Å². The van der Waals surface area contributed by atoms with E-state index in [1.54, 1.807) is 6.92 Å². The molecule has 2 N–H and O–H groups in total. The molecule has 3 aromatic carbocycles. The van der Waals surface area contributed by atoms with Crippen molar-refractivity contribution in [3.05, 3.63) is 79.8 Å². The molecule has 0 bridgehead atoms. The first-order valence-corrected chi connectivity index (χ1v) is 10.6. The maximum absolute atomic E-state index is 13.5. The van der Waals surface area contributed by atoms with Crippen molar-refractivity contribution in [3.63, 3.8) is 0 Å². The Kier molecular flexibility index (Phi) is 4.84. The van der Waals surface area contributed by atoms with Gasteiger partial charge in [0, 0.05) is 17.2 Å². The summed E-state index contributed by atoms with van der Waals surface area (Å²) in [5, 5.41) is 20.2. The van der Waals surface area contributed by atoms with Gasteiger partial charge < -0.3 is 19.0 Å². The van der Waals surface area contributed by atoms with Gasteiger partial charge in [-0.1, -0.05) is 0 Å². The van der Waals surface area contributed by atoms with E-state index in [1.165, 1.54) is 50.2 Å². The van der Waals surface area contributed by atoms with E-state index in [0.717, 1.165) is 6.26 Å². The first kappa shape index (κ1) is 22.1. The van der Waals surface area contributed by atoms with Crippen molar-refractivity contribution in [2.24, 2.45) is 0 Å². The van der Waals surface area contributed by atoms with Gasteiger partial charge in [0.1, 0.15) is 34.5 Å². The average Bonchev–Trinajstić information content (AvgIpc) is 2.79. The van der Waals surface area contributed by atoms with E-state index in [9.17, 15) is 29.4 Å². The Hall–Kier alpha value is -4.72. The molecule has 5 aromatic rings. The van der Waals surface area contributed by atoms with Crippen molar-refractivity contribution in [1.29, 1.82) is 0 Å². The Bertz CT molecular complexity index is 1870. The number of fused-ring (bicyclic) bond motifs is 3. The number of aromatic hydroxyl groups is 2. The van der Waals surface area contributed by atoms with Crippen LogP contribution in [0.1, 0.15) is 40.1 Å². The van der Waals surface area contributed by atoms with Crippen molar-refractivity contribution >= 4 is 44.5 Å². The SMILES string of the molecule is CC(=O)c1cc2c(=O)c3ccc(O)cc3oc2c(C(C)=O)c1-c1coc2cc(C)c(O)cc2c1=O. The number of rotatable bonds is 3. The quantitative estimate of drug-likeness (QED) is 0.282. The van der Waals surface area contributed by atoms with Gasteiger partial charge in [-0.2, -0.15) is 0 Å². The van der Waals surface area contributed by atoms with Gasteiger partial charge in [0.2, 0.25) is 10.9 Å². The lowest BCUT2D eigenvalue weighted by Gasteiger charge is -2.15. The van der Waals surface area contributed by atoms with E-state index in [-0.39, 0.29) is 66.7 Å². The minimum atomic E-state index is -0.577. The Morgan fingerprint density at radius 1 is 0.829 bits per heavy atom. The summed E-state index contributed by atoms with van der Waals surface area (Å²) >= 11 is 0. The largest absolute Gasteiger partial charge is 0.508 e. The normalized spacial score (nSPS) is 11.4. The van der Waals surface area contributed by atoms with E-state index in [4.69, 9.17) is 8.83 Å². The summed E-state index contributed by atoms with van der Waals surface area (Å²) < 4.78 is 11.5. The van der Waals surface area contributed by atoms with E-state index in [1.807, 2.05) is 0 Å². The zero-order valence-corrected chi connectivity index (χ0v) is 18.9. The molecule has 0 aliphatic carbocycles. The molecule has 0 spiro atoms. The number of aryl methyl sites for hydroxylation is 1. The van der Waals surface area contributed by atoms with Crippen molar-refractivity contribution < 1.29 is 28.6 Å². The first-order valence-electron chi connectivity index (χ1n) is 10.6. The second-order valence-corrected chi connectivity index (χ2v) is 8.39. The summed E-state index contributed by atoms with van der Waals surface area (Å²) in [5.74, 6) is -1.30. The number of benzene rings is 3. The molecule has 0 saturated carbocycles. The monoisotopic (exact) mass is 470 g/mol. The molecule has 2 aromatic heterocycles. The fraction of sp³-hybridized carbons (Fsp3) is 0.111. The van der Waals surface area contributed by atoms with Crippen LogP contribution in [-0.2, 0) is 0 Å². The summed E-state index contributed by atoms with van der Waals surface area (Å²) in [4.78, 5) is 52.3. The second kappa shape index (κ2) is 7.66. The maximum Gasteiger partial charge on any atom is 0.200 e. The minimum absolute atomic E-state index is 0.0132. The van der Waals surface area contributed by atoms with Crippen LogP contribution in [0.4, 0.5) is 0 Å². The molecule has 8 nitrogen and oxygen atoms in total. The highest BCUT2D eigenvalue weighted by molar-refractivity contribution is 6.17. The molecular formula is C27H18O8. The highest BCUT2D eigenvalue weighted by atomic mass is 16.3. The smallest absolute Gasteiger partial charge is 0.200 e. The van der Waals surface area contributed by atoms with Crippen molar-refractivity contribution in [3.8, 4) is 22.6 Å². The van der Waals surface area contributed by atoms with E-state index in [2.05, 4.69) is 0 Å². The molecule has 5 rings (SSSR count). The summed E-state index contributed by atoms with van der Waals surface area (Å²) in [5.41, 5.74) is -0.733. The number of carbonyl (C=O) groups is 2. The molecule has 174 valence electrons. The summed E-state index contributed by atoms with van der Waals surface area (Å²) in [6, 6.07) is 8.03. The third-order valence-corrected chi connectivity index (χ3v) is 6.04. The lowest BCUT2D eigenvalue weighted by molar-refractivity contribution is 0.101. The van der Waals surface area contributed by atoms with Gasteiger partial charge >= 0.3 is 0 Å². The Labute approximate surface area is 196 Å². The lowest BCUT2D eigenvalue weighted by Crippen LogP contribution is -2.14. The van der Waals surface area contributed by atoms with Gasteiger partial charge in [0.05, 0.1) is 27.3 Å². The standard InChI is InChI=1S/C27H18O8/c1-11-6-21-17(9-20(11)31)26(33)19(10-34-21)24-16(12(2)28)8-18-25(32)15-5-4-14(30)7-22(15)35-27(18)23(24)13(3)29/h4-10,30-31H,1-3H3. The van der Waals surface area contributed by atoms with Crippen LogP contribution in [0.25, 0.3) is 44.0 Å². The Balaban J connectivity index is 2.01. The molecule has 0 aliphatic heterocycles. The van der Waals surface area contributed by atoms with Crippen LogP contribution in [0.2, 0.25) is 0 Å². The van der Waals surface area contributed by atoms with Crippen LogP contribution >= 0.6 is 0 Å². The highest BCUT2D eigenvalue weighted by Crippen LogP contribution is 2.35. The zero-order chi connectivity index (χ0) is 25.2. The minimum Gasteiger partial charge on any atom is -0.508 e. The number of Topliss-reactive ketones (excluding diaryl/α,β-unsaturated/α-hetero) is 2. The van der Waals surface area contributed by atoms with Gasteiger partial charge in [-0.15, -0.1) is 0 Å². The molecule has 2 heterocycles. The predicted octanol–water partition coefficient (Wildman–Crippen LogP) is 4.84. The van der Waals surface area contributed by atoms with Crippen LogP contribution in [-0.4, -0.2) is 21.8 Å². The molecule has 0 aliphatic rings. The topological polar surface area (TPSA) is 135 Å².